The number of nitrogens with one attached hydrogen (secondary N) is 1. The molecule has 3 N–H and O–H groups in total. The molecule has 0 bridgehead atoms. The molecule has 1 heterocycles. The third-order valence-electron chi connectivity index (χ3n) is 2.81. The zero-order valence-electron chi connectivity index (χ0n) is 10.9. The third kappa shape index (κ3) is 3.38. The molecule has 0 fully saturated rings. The zero-order valence-corrected chi connectivity index (χ0v) is 14.1. The van der Waals surface area contributed by atoms with Crippen molar-refractivity contribution in [2.45, 2.75) is 13.0 Å². The summed E-state index contributed by atoms with van der Waals surface area (Å²) in [5.74, 6) is 6.53. The maximum atomic E-state index is 5.73. The summed E-state index contributed by atoms with van der Waals surface area (Å²) in [4.78, 5) is 4.43. The van der Waals surface area contributed by atoms with Gasteiger partial charge in [-0.15, -0.1) is 0 Å². The van der Waals surface area contributed by atoms with E-state index >= 15 is 0 Å². The van der Waals surface area contributed by atoms with Crippen molar-refractivity contribution in [3.63, 3.8) is 0 Å². The van der Waals surface area contributed by atoms with Crippen LogP contribution in [0.3, 0.4) is 0 Å². The molecule has 0 aliphatic carbocycles. The zero-order chi connectivity index (χ0) is 14.5. The summed E-state index contributed by atoms with van der Waals surface area (Å²) in [5, 5.41) is 0. The molecule has 0 aliphatic heterocycles. The summed E-state index contributed by atoms with van der Waals surface area (Å²) in [6.07, 6.45) is 1.74. The Labute approximate surface area is 135 Å². The first-order valence-corrected chi connectivity index (χ1v) is 7.74. The Morgan fingerprint density at radius 2 is 2.10 bits per heavy atom. The Hall–Kier alpha value is -0.950. The van der Waals surface area contributed by atoms with Gasteiger partial charge in [-0.3, -0.25) is 10.8 Å². The predicted octanol–water partition coefficient (Wildman–Crippen LogP) is 3.56. The molecule has 0 radical (unpaired) electrons. The Kier molecular flexibility index (Phi) is 5.54. The van der Waals surface area contributed by atoms with Crippen LogP contribution in [0.5, 0.6) is 5.75 Å². The molecule has 0 saturated carbocycles. The molecule has 2 aromatic rings. The smallest absolute Gasteiger partial charge is 0.124 e. The maximum absolute atomic E-state index is 5.73. The minimum absolute atomic E-state index is 0.250. The largest absolute Gasteiger partial charge is 0.494 e. The van der Waals surface area contributed by atoms with E-state index in [4.69, 9.17) is 10.6 Å². The Balaban J connectivity index is 2.47. The number of rotatable bonds is 5. The van der Waals surface area contributed by atoms with E-state index in [1.165, 1.54) is 0 Å². The standard InChI is InChI=1S/C14H15Br2N3O/c1-2-20-12-6-4-3-5-10(12)13(19-17)14-11(16)7-9(15)8-18-14/h3-8,13,19H,2,17H2,1H3. The van der Waals surface area contributed by atoms with E-state index in [0.29, 0.717) is 6.61 Å². The fraction of sp³-hybridized carbons (Fsp3) is 0.214. The van der Waals surface area contributed by atoms with Gasteiger partial charge in [-0.1, -0.05) is 18.2 Å². The maximum Gasteiger partial charge on any atom is 0.124 e. The van der Waals surface area contributed by atoms with Crippen LogP contribution in [-0.4, -0.2) is 11.6 Å². The van der Waals surface area contributed by atoms with Gasteiger partial charge in [0, 0.05) is 20.7 Å². The average molecular weight is 401 g/mol. The van der Waals surface area contributed by atoms with Gasteiger partial charge in [0.2, 0.25) is 0 Å². The first-order valence-electron chi connectivity index (χ1n) is 6.16. The first kappa shape index (κ1) is 15.4. The second-order valence-electron chi connectivity index (χ2n) is 4.09. The second-order valence-corrected chi connectivity index (χ2v) is 5.86. The van der Waals surface area contributed by atoms with Crippen LogP contribution >= 0.6 is 31.9 Å². The third-order valence-corrected chi connectivity index (χ3v) is 3.88. The summed E-state index contributed by atoms with van der Waals surface area (Å²) in [6, 6.07) is 9.48. The summed E-state index contributed by atoms with van der Waals surface area (Å²) >= 11 is 6.91. The van der Waals surface area contributed by atoms with E-state index in [9.17, 15) is 0 Å². The lowest BCUT2D eigenvalue weighted by Gasteiger charge is -2.20. The lowest BCUT2D eigenvalue weighted by molar-refractivity contribution is 0.333. The van der Waals surface area contributed by atoms with E-state index in [-0.39, 0.29) is 6.04 Å². The molecule has 0 spiro atoms. The molecule has 2 rings (SSSR count). The minimum Gasteiger partial charge on any atom is -0.494 e. The number of benzene rings is 1. The number of halogens is 2. The highest BCUT2D eigenvalue weighted by molar-refractivity contribution is 9.11. The molecular formula is C14H15Br2N3O. The quantitative estimate of drug-likeness (QED) is 0.595. The van der Waals surface area contributed by atoms with Crippen molar-refractivity contribution in [1.82, 2.24) is 10.4 Å². The van der Waals surface area contributed by atoms with Gasteiger partial charge in [0.25, 0.3) is 0 Å². The Morgan fingerprint density at radius 3 is 2.75 bits per heavy atom. The summed E-state index contributed by atoms with van der Waals surface area (Å²) in [7, 11) is 0. The van der Waals surface area contributed by atoms with Crippen molar-refractivity contribution in [2.75, 3.05) is 6.61 Å². The molecule has 0 saturated heterocycles. The van der Waals surface area contributed by atoms with Gasteiger partial charge < -0.3 is 4.74 Å². The lowest BCUT2D eigenvalue weighted by Crippen LogP contribution is -2.30. The molecular weight excluding hydrogens is 386 g/mol. The van der Waals surface area contributed by atoms with Gasteiger partial charge in [-0.2, -0.15) is 0 Å². The number of nitrogens with two attached hydrogens (primary N) is 1. The van der Waals surface area contributed by atoms with Crippen LogP contribution in [0.25, 0.3) is 0 Å². The molecule has 1 aromatic heterocycles. The molecule has 1 unspecified atom stereocenters. The topological polar surface area (TPSA) is 60.2 Å². The van der Waals surface area contributed by atoms with Crippen LogP contribution in [0.4, 0.5) is 0 Å². The SMILES string of the molecule is CCOc1ccccc1C(NN)c1ncc(Br)cc1Br. The van der Waals surface area contributed by atoms with Gasteiger partial charge in [-0.05, 0) is 50.9 Å². The van der Waals surface area contributed by atoms with E-state index in [1.54, 1.807) is 6.20 Å². The van der Waals surface area contributed by atoms with Crippen LogP contribution in [-0.2, 0) is 0 Å². The molecule has 6 heteroatoms. The number of hydrogen-bond acceptors (Lipinski definition) is 4. The van der Waals surface area contributed by atoms with Crippen molar-refractivity contribution < 1.29 is 4.74 Å². The van der Waals surface area contributed by atoms with Gasteiger partial charge in [0.05, 0.1) is 18.3 Å². The highest BCUT2D eigenvalue weighted by atomic mass is 79.9. The fourth-order valence-electron chi connectivity index (χ4n) is 1.96. The number of nitrogens with zero attached hydrogens (tertiary/aromatic N) is 1. The van der Waals surface area contributed by atoms with E-state index in [1.807, 2.05) is 37.3 Å². The molecule has 0 aliphatic rings. The van der Waals surface area contributed by atoms with Crippen molar-refractivity contribution in [3.8, 4) is 5.75 Å². The Bertz CT molecular complexity index is 592. The van der Waals surface area contributed by atoms with E-state index in [2.05, 4.69) is 42.3 Å². The van der Waals surface area contributed by atoms with Crippen molar-refractivity contribution >= 4 is 31.9 Å². The predicted molar refractivity (Wildman–Crippen MR) is 86.4 cm³/mol. The number of aromatic nitrogens is 1. The minimum atomic E-state index is -0.250. The molecule has 106 valence electrons. The molecule has 1 atom stereocenters. The normalized spacial score (nSPS) is 12.2. The summed E-state index contributed by atoms with van der Waals surface area (Å²) < 4.78 is 7.44. The first-order chi connectivity index (χ1) is 9.67. The van der Waals surface area contributed by atoms with Gasteiger partial charge >= 0.3 is 0 Å². The number of ether oxygens (including phenoxy) is 1. The average Bonchev–Trinajstić information content (AvgIpc) is 2.44. The van der Waals surface area contributed by atoms with Crippen molar-refractivity contribution in [1.29, 1.82) is 0 Å². The summed E-state index contributed by atoms with van der Waals surface area (Å²) in [5.41, 5.74) is 4.57. The molecule has 1 aromatic carbocycles. The molecule has 20 heavy (non-hydrogen) atoms. The van der Waals surface area contributed by atoms with Gasteiger partial charge in [0.1, 0.15) is 5.75 Å². The molecule has 0 amide bonds. The highest BCUT2D eigenvalue weighted by Gasteiger charge is 2.20. The van der Waals surface area contributed by atoms with Crippen LogP contribution < -0.4 is 16.0 Å². The number of para-hydroxylation sites is 1. The molecule has 4 nitrogen and oxygen atoms in total. The fourth-order valence-corrected chi connectivity index (χ4v) is 3.18. The monoisotopic (exact) mass is 399 g/mol. The van der Waals surface area contributed by atoms with Gasteiger partial charge in [-0.25, -0.2) is 5.43 Å². The summed E-state index contributed by atoms with van der Waals surface area (Å²) in [6.45, 7) is 2.55. The highest BCUT2D eigenvalue weighted by Crippen LogP contribution is 2.33. The second kappa shape index (κ2) is 7.17. The Morgan fingerprint density at radius 1 is 1.35 bits per heavy atom. The van der Waals surface area contributed by atoms with Crippen LogP contribution in [0.1, 0.15) is 24.2 Å². The van der Waals surface area contributed by atoms with Crippen LogP contribution in [0.15, 0.2) is 45.5 Å². The van der Waals surface area contributed by atoms with Gasteiger partial charge in [0.15, 0.2) is 0 Å². The number of hydrogen-bond donors (Lipinski definition) is 2. The lowest BCUT2D eigenvalue weighted by atomic mass is 10.0. The van der Waals surface area contributed by atoms with Crippen molar-refractivity contribution in [2.24, 2.45) is 5.84 Å². The number of pyridine rings is 1. The van der Waals surface area contributed by atoms with E-state index < -0.39 is 0 Å². The van der Waals surface area contributed by atoms with Crippen LogP contribution in [0.2, 0.25) is 0 Å². The van der Waals surface area contributed by atoms with Crippen LogP contribution in [0, 0.1) is 0 Å². The number of hydrazine groups is 1. The van der Waals surface area contributed by atoms with Crippen molar-refractivity contribution in [3.05, 3.63) is 56.7 Å². The van der Waals surface area contributed by atoms with E-state index in [0.717, 1.165) is 26.0 Å².